The van der Waals surface area contributed by atoms with Crippen molar-refractivity contribution in [3.8, 4) is 0 Å². The maximum atomic E-state index is 12.2. The molecule has 0 aliphatic heterocycles. The topological polar surface area (TPSA) is 42.0 Å². The molecule has 0 radical (unpaired) electrons. The van der Waals surface area contributed by atoms with Crippen LogP contribution in [-0.4, -0.2) is 10.9 Å². The lowest BCUT2D eigenvalue weighted by molar-refractivity contribution is -0.121. The van der Waals surface area contributed by atoms with Crippen molar-refractivity contribution in [3.05, 3.63) is 50.9 Å². The van der Waals surface area contributed by atoms with Crippen LogP contribution in [0.4, 0.5) is 0 Å². The summed E-state index contributed by atoms with van der Waals surface area (Å²) in [6, 6.07) is 7.84. The summed E-state index contributed by atoms with van der Waals surface area (Å²) in [5, 5.41) is 6.82. The summed E-state index contributed by atoms with van der Waals surface area (Å²) in [5.74, 6) is 0.583. The number of hydrogen-bond donors (Lipinski definition) is 1. The highest BCUT2D eigenvalue weighted by Gasteiger charge is 2.33. The molecule has 3 rings (SSSR count). The van der Waals surface area contributed by atoms with Crippen molar-refractivity contribution in [2.24, 2.45) is 5.92 Å². The monoisotopic (exact) mass is 320 g/mol. The first-order valence-corrected chi connectivity index (χ1v) is 8.33. The van der Waals surface area contributed by atoms with Gasteiger partial charge in [-0.2, -0.15) is 0 Å². The zero-order valence-corrected chi connectivity index (χ0v) is 13.4. The van der Waals surface area contributed by atoms with Crippen LogP contribution in [-0.2, 0) is 11.2 Å². The van der Waals surface area contributed by atoms with Gasteiger partial charge in [0.2, 0.25) is 5.91 Å². The number of carbonyl (C=O) groups is 1. The number of carbonyl (C=O) groups excluding carboxylic acids is 1. The van der Waals surface area contributed by atoms with E-state index in [0.29, 0.717) is 12.3 Å². The molecule has 1 atom stereocenters. The Bertz CT molecular complexity index is 634. The van der Waals surface area contributed by atoms with Crippen LogP contribution in [0.2, 0.25) is 5.02 Å². The van der Waals surface area contributed by atoms with Gasteiger partial charge in [-0.15, -0.1) is 11.3 Å². The predicted molar refractivity (Wildman–Crippen MR) is 85.6 cm³/mol. The molecule has 1 aliphatic carbocycles. The molecule has 0 bridgehead atoms. The third-order valence-corrected chi connectivity index (χ3v) is 4.72. The lowest BCUT2D eigenvalue weighted by Crippen LogP contribution is -2.31. The van der Waals surface area contributed by atoms with Crippen LogP contribution in [0.5, 0.6) is 0 Å². The van der Waals surface area contributed by atoms with Crippen molar-refractivity contribution in [2.75, 3.05) is 0 Å². The predicted octanol–water partition coefficient (Wildman–Crippen LogP) is 3.91. The fourth-order valence-corrected chi connectivity index (χ4v) is 3.19. The van der Waals surface area contributed by atoms with Gasteiger partial charge in [0.05, 0.1) is 23.2 Å². The van der Waals surface area contributed by atoms with E-state index in [1.165, 1.54) is 12.8 Å². The van der Waals surface area contributed by atoms with Crippen molar-refractivity contribution < 1.29 is 4.79 Å². The minimum atomic E-state index is 0.0344. The van der Waals surface area contributed by atoms with E-state index >= 15 is 0 Å². The number of rotatable bonds is 5. The molecular weight excluding hydrogens is 304 g/mol. The normalized spacial score (nSPS) is 15.7. The largest absolute Gasteiger partial charge is 0.349 e. The van der Waals surface area contributed by atoms with Crippen LogP contribution in [0.1, 0.15) is 35.1 Å². The molecule has 110 valence electrons. The zero-order valence-electron chi connectivity index (χ0n) is 11.8. The van der Waals surface area contributed by atoms with E-state index in [9.17, 15) is 4.79 Å². The van der Waals surface area contributed by atoms with Gasteiger partial charge in [-0.3, -0.25) is 4.79 Å². The lowest BCUT2D eigenvalue weighted by atomic mass is 10.0. The van der Waals surface area contributed by atoms with Gasteiger partial charge in [-0.1, -0.05) is 23.7 Å². The molecule has 1 aromatic heterocycles. The molecule has 3 nitrogen and oxygen atoms in total. The quantitative estimate of drug-likeness (QED) is 0.907. The molecule has 0 saturated heterocycles. The van der Waals surface area contributed by atoms with Gasteiger partial charge in [0.25, 0.3) is 0 Å². The Morgan fingerprint density at radius 1 is 1.43 bits per heavy atom. The third kappa shape index (κ3) is 3.83. The van der Waals surface area contributed by atoms with Gasteiger partial charge < -0.3 is 5.32 Å². The van der Waals surface area contributed by atoms with E-state index in [0.717, 1.165) is 21.3 Å². The summed E-state index contributed by atoms with van der Waals surface area (Å²) in [4.78, 5) is 16.6. The first kappa shape index (κ1) is 14.5. The number of amides is 1. The second-order valence-corrected chi connectivity index (χ2v) is 6.97. The maximum absolute atomic E-state index is 12.2. The molecule has 1 aliphatic rings. The lowest BCUT2D eigenvalue weighted by Gasteiger charge is -2.18. The number of thiazole rings is 1. The number of nitrogens with zero attached hydrogens (tertiary/aromatic N) is 1. The summed E-state index contributed by atoms with van der Waals surface area (Å²) in [7, 11) is 0. The molecule has 1 aromatic carbocycles. The standard InChI is InChI=1S/C16H17ClN2OS/c1-10-18-14(9-21-10)8-15(20)19-16(11-2-3-11)12-4-6-13(17)7-5-12/h4-7,9,11,16H,2-3,8H2,1H3,(H,19,20). The Kier molecular flexibility index (Phi) is 4.27. The smallest absolute Gasteiger partial charge is 0.226 e. The van der Waals surface area contributed by atoms with Crippen LogP contribution < -0.4 is 5.32 Å². The van der Waals surface area contributed by atoms with E-state index in [1.807, 2.05) is 36.6 Å². The summed E-state index contributed by atoms with van der Waals surface area (Å²) in [5.41, 5.74) is 1.98. The van der Waals surface area contributed by atoms with Gasteiger partial charge in [0, 0.05) is 10.4 Å². The Labute approximate surface area is 133 Å². The molecule has 0 spiro atoms. The molecule has 1 amide bonds. The minimum absolute atomic E-state index is 0.0344. The van der Waals surface area contributed by atoms with Crippen molar-refractivity contribution in [2.45, 2.75) is 32.2 Å². The summed E-state index contributed by atoms with van der Waals surface area (Å²) >= 11 is 7.51. The molecule has 1 unspecified atom stereocenters. The van der Waals surface area contributed by atoms with E-state index in [4.69, 9.17) is 11.6 Å². The number of hydrogen-bond acceptors (Lipinski definition) is 3. The maximum Gasteiger partial charge on any atom is 0.226 e. The van der Waals surface area contributed by atoms with Crippen LogP contribution in [0.25, 0.3) is 0 Å². The highest BCUT2D eigenvalue weighted by molar-refractivity contribution is 7.09. The first-order valence-electron chi connectivity index (χ1n) is 7.07. The van der Waals surface area contributed by atoms with Crippen molar-refractivity contribution >= 4 is 28.8 Å². The summed E-state index contributed by atoms with van der Waals surface area (Å²) in [6.07, 6.45) is 2.69. The fraction of sp³-hybridized carbons (Fsp3) is 0.375. The highest BCUT2D eigenvalue weighted by atomic mass is 35.5. The van der Waals surface area contributed by atoms with E-state index in [-0.39, 0.29) is 11.9 Å². The van der Waals surface area contributed by atoms with Crippen LogP contribution in [0.15, 0.2) is 29.6 Å². The van der Waals surface area contributed by atoms with Gasteiger partial charge in [-0.05, 0) is 43.4 Å². The second kappa shape index (κ2) is 6.16. The fourth-order valence-electron chi connectivity index (χ4n) is 2.45. The zero-order chi connectivity index (χ0) is 14.8. The molecule has 1 fully saturated rings. The Balaban J connectivity index is 1.67. The molecule has 1 N–H and O–H groups in total. The van der Waals surface area contributed by atoms with Gasteiger partial charge in [0.15, 0.2) is 0 Å². The van der Waals surface area contributed by atoms with Crippen LogP contribution in [0, 0.1) is 12.8 Å². The first-order chi connectivity index (χ1) is 10.1. The van der Waals surface area contributed by atoms with Crippen LogP contribution in [0.3, 0.4) is 0 Å². The number of nitrogens with one attached hydrogen (secondary N) is 1. The molecule has 21 heavy (non-hydrogen) atoms. The van der Waals surface area contributed by atoms with Crippen molar-refractivity contribution in [1.29, 1.82) is 0 Å². The summed E-state index contributed by atoms with van der Waals surface area (Å²) in [6.45, 7) is 1.95. The van der Waals surface area contributed by atoms with E-state index < -0.39 is 0 Å². The number of benzene rings is 1. The Hall–Kier alpha value is -1.39. The SMILES string of the molecule is Cc1nc(CC(=O)NC(c2ccc(Cl)cc2)C2CC2)cs1. The van der Waals surface area contributed by atoms with Crippen LogP contribution >= 0.6 is 22.9 Å². The summed E-state index contributed by atoms with van der Waals surface area (Å²) < 4.78 is 0. The number of halogens is 1. The Morgan fingerprint density at radius 2 is 2.14 bits per heavy atom. The average molecular weight is 321 g/mol. The highest BCUT2D eigenvalue weighted by Crippen LogP contribution is 2.41. The number of aromatic nitrogens is 1. The molecule has 1 saturated carbocycles. The van der Waals surface area contributed by atoms with Gasteiger partial charge in [-0.25, -0.2) is 4.98 Å². The second-order valence-electron chi connectivity index (χ2n) is 5.47. The molecular formula is C16H17ClN2OS. The molecule has 5 heteroatoms. The van der Waals surface area contributed by atoms with Gasteiger partial charge >= 0.3 is 0 Å². The van der Waals surface area contributed by atoms with Crippen molar-refractivity contribution in [1.82, 2.24) is 10.3 Å². The Morgan fingerprint density at radius 3 is 2.71 bits per heavy atom. The van der Waals surface area contributed by atoms with E-state index in [1.54, 1.807) is 11.3 Å². The number of aryl methyl sites for hydroxylation is 1. The van der Waals surface area contributed by atoms with Gasteiger partial charge in [0.1, 0.15) is 0 Å². The molecule has 1 heterocycles. The van der Waals surface area contributed by atoms with Crippen molar-refractivity contribution in [3.63, 3.8) is 0 Å². The van der Waals surface area contributed by atoms with E-state index in [2.05, 4.69) is 10.3 Å². The molecule has 2 aromatic rings. The minimum Gasteiger partial charge on any atom is -0.349 e. The average Bonchev–Trinajstić information content (AvgIpc) is 3.21. The third-order valence-electron chi connectivity index (χ3n) is 3.65.